The van der Waals surface area contributed by atoms with Crippen molar-refractivity contribution < 1.29 is 9.53 Å². The molecule has 1 fully saturated rings. The lowest BCUT2D eigenvalue weighted by Crippen LogP contribution is -2.41. The summed E-state index contributed by atoms with van der Waals surface area (Å²) in [5.41, 5.74) is 3.28. The molecule has 31 heavy (non-hydrogen) atoms. The first-order valence-corrected chi connectivity index (χ1v) is 10.3. The van der Waals surface area contributed by atoms with Gasteiger partial charge in [0.1, 0.15) is 6.33 Å². The van der Waals surface area contributed by atoms with Gasteiger partial charge in [0, 0.05) is 42.7 Å². The molecule has 5 rings (SSSR count). The Morgan fingerprint density at radius 1 is 1.16 bits per heavy atom. The topological polar surface area (TPSA) is 101 Å². The number of aromatic nitrogens is 5. The van der Waals surface area contributed by atoms with Crippen LogP contribution in [0.2, 0.25) is 0 Å². The Morgan fingerprint density at radius 3 is 2.90 bits per heavy atom. The molecule has 0 radical (unpaired) electrons. The Kier molecular flexibility index (Phi) is 5.42. The number of nitrogens with zero attached hydrogens (tertiary/aromatic N) is 5. The van der Waals surface area contributed by atoms with Gasteiger partial charge in [0.05, 0.1) is 30.6 Å². The zero-order chi connectivity index (χ0) is 21.0. The summed E-state index contributed by atoms with van der Waals surface area (Å²) in [4.78, 5) is 19.2. The van der Waals surface area contributed by atoms with E-state index in [-0.39, 0.29) is 5.91 Å². The molecule has 9 heteroatoms. The van der Waals surface area contributed by atoms with Gasteiger partial charge in [0.2, 0.25) is 0 Å². The summed E-state index contributed by atoms with van der Waals surface area (Å²) in [6, 6.07) is 13.5. The minimum Gasteiger partial charge on any atom is -0.379 e. The largest absolute Gasteiger partial charge is 0.379 e. The maximum absolute atomic E-state index is 12.7. The lowest BCUT2D eigenvalue weighted by molar-refractivity contribution is 0.0383. The third-order valence-electron chi connectivity index (χ3n) is 5.43. The van der Waals surface area contributed by atoms with Crippen LogP contribution >= 0.6 is 0 Å². The van der Waals surface area contributed by atoms with E-state index in [4.69, 9.17) is 4.74 Å². The molecule has 1 amide bonds. The van der Waals surface area contributed by atoms with E-state index in [1.165, 1.54) is 6.33 Å². The van der Waals surface area contributed by atoms with Crippen molar-refractivity contribution in [3.63, 3.8) is 0 Å². The number of fused-ring (bicyclic) bond motifs is 1. The number of ether oxygens (including phenoxy) is 1. The van der Waals surface area contributed by atoms with Crippen LogP contribution in [0, 0.1) is 0 Å². The molecule has 9 nitrogen and oxygen atoms in total. The third-order valence-corrected chi connectivity index (χ3v) is 5.43. The van der Waals surface area contributed by atoms with E-state index < -0.39 is 0 Å². The van der Waals surface area contributed by atoms with Crippen LogP contribution in [0.1, 0.15) is 10.4 Å². The number of hydrogen-bond acceptors (Lipinski definition) is 6. The van der Waals surface area contributed by atoms with Crippen molar-refractivity contribution in [2.45, 2.75) is 0 Å². The van der Waals surface area contributed by atoms with E-state index >= 15 is 0 Å². The summed E-state index contributed by atoms with van der Waals surface area (Å²) in [6.45, 7) is 4.76. The molecular weight excluding hydrogens is 394 g/mol. The van der Waals surface area contributed by atoms with Crippen LogP contribution in [0.4, 0.5) is 0 Å². The Morgan fingerprint density at radius 2 is 2.06 bits per heavy atom. The van der Waals surface area contributed by atoms with E-state index in [1.807, 2.05) is 53.3 Å². The average Bonchev–Trinajstić information content (AvgIpc) is 3.50. The molecule has 158 valence electrons. The second-order valence-corrected chi connectivity index (χ2v) is 7.42. The van der Waals surface area contributed by atoms with Gasteiger partial charge in [0.25, 0.3) is 5.91 Å². The molecule has 0 saturated carbocycles. The van der Waals surface area contributed by atoms with Crippen molar-refractivity contribution in [3.8, 4) is 17.1 Å². The minimum absolute atomic E-state index is 0.0890. The molecule has 0 unspecified atom stereocenters. The van der Waals surface area contributed by atoms with Crippen molar-refractivity contribution in [2.75, 3.05) is 39.4 Å². The van der Waals surface area contributed by atoms with Crippen molar-refractivity contribution in [2.24, 2.45) is 0 Å². The Hall–Kier alpha value is -3.56. The highest BCUT2D eigenvalue weighted by atomic mass is 16.5. The van der Waals surface area contributed by atoms with Crippen LogP contribution in [0.3, 0.4) is 0 Å². The van der Waals surface area contributed by atoms with E-state index in [0.29, 0.717) is 17.9 Å². The van der Waals surface area contributed by atoms with Crippen molar-refractivity contribution in [3.05, 3.63) is 60.6 Å². The molecule has 1 saturated heterocycles. The molecule has 2 aromatic heterocycles. The maximum atomic E-state index is 12.7. The standard InChI is InChI=1S/C22H23N7O2/c30-22(23-6-7-28-8-10-31-11-9-28)17-2-1-3-19(12-17)29-20-13-16(21-24-15-25-27-21)4-5-18(20)14-26-29/h1-5,12-15H,6-11H2,(H,23,30)(H,24,25,27). The quantitative estimate of drug-likeness (QED) is 0.497. The maximum Gasteiger partial charge on any atom is 0.251 e. The number of aromatic amines is 1. The SMILES string of the molecule is O=C(NCCN1CCOCC1)c1cccc(-n2ncc3ccc(-c4ncn[nH]4)cc32)c1. The number of rotatable bonds is 6. The van der Waals surface area contributed by atoms with Crippen molar-refractivity contribution in [1.82, 2.24) is 35.2 Å². The predicted molar refractivity (Wildman–Crippen MR) is 116 cm³/mol. The number of carbonyl (C=O) groups is 1. The van der Waals surface area contributed by atoms with E-state index in [1.54, 1.807) is 0 Å². The first-order chi connectivity index (χ1) is 15.3. The zero-order valence-corrected chi connectivity index (χ0v) is 17.0. The molecule has 1 aliphatic rings. The summed E-state index contributed by atoms with van der Waals surface area (Å²) in [5, 5.41) is 15.4. The summed E-state index contributed by atoms with van der Waals surface area (Å²) in [7, 11) is 0. The minimum atomic E-state index is -0.0890. The van der Waals surface area contributed by atoms with Gasteiger partial charge >= 0.3 is 0 Å². The fourth-order valence-corrected chi connectivity index (χ4v) is 3.75. The molecule has 0 atom stereocenters. The molecule has 3 heterocycles. The zero-order valence-electron chi connectivity index (χ0n) is 17.0. The number of benzene rings is 2. The Labute approximate surface area is 179 Å². The molecule has 0 bridgehead atoms. The Balaban J connectivity index is 1.34. The van der Waals surface area contributed by atoms with Gasteiger partial charge < -0.3 is 10.1 Å². The highest BCUT2D eigenvalue weighted by Crippen LogP contribution is 2.24. The van der Waals surface area contributed by atoms with E-state index in [0.717, 1.165) is 55.0 Å². The van der Waals surface area contributed by atoms with E-state index in [9.17, 15) is 4.79 Å². The summed E-state index contributed by atoms with van der Waals surface area (Å²) in [6.07, 6.45) is 3.30. The molecule has 4 aromatic rings. The number of hydrogen-bond donors (Lipinski definition) is 2. The molecular formula is C22H23N7O2. The number of nitrogens with one attached hydrogen (secondary N) is 2. The van der Waals surface area contributed by atoms with Gasteiger partial charge in [-0.25, -0.2) is 9.67 Å². The summed E-state index contributed by atoms with van der Waals surface area (Å²) in [5.74, 6) is 0.608. The highest BCUT2D eigenvalue weighted by molar-refractivity contribution is 5.95. The third kappa shape index (κ3) is 4.18. The van der Waals surface area contributed by atoms with Crippen LogP contribution in [-0.4, -0.2) is 75.2 Å². The monoisotopic (exact) mass is 417 g/mol. The second kappa shape index (κ2) is 8.66. The fraction of sp³-hybridized carbons (Fsp3) is 0.273. The molecule has 2 N–H and O–H groups in total. The number of morpholine rings is 1. The molecule has 2 aromatic carbocycles. The number of amides is 1. The van der Waals surface area contributed by atoms with Gasteiger partial charge in [-0.15, -0.1) is 0 Å². The van der Waals surface area contributed by atoms with Crippen molar-refractivity contribution in [1.29, 1.82) is 0 Å². The first-order valence-electron chi connectivity index (χ1n) is 10.3. The van der Waals surface area contributed by atoms with Crippen LogP contribution in [0.25, 0.3) is 28.0 Å². The van der Waals surface area contributed by atoms with Crippen LogP contribution < -0.4 is 5.32 Å². The normalized spacial score (nSPS) is 14.7. The number of carbonyl (C=O) groups excluding carboxylic acids is 1. The fourth-order valence-electron chi connectivity index (χ4n) is 3.75. The Bertz CT molecular complexity index is 1180. The van der Waals surface area contributed by atoms with Gasteiger partial charge in [0.15, 0.2) is 5.82 Å². The number of H-pyrrole nitrogens is 1. The average molecular weight is 417 g/mol. The van der Waals surface area contributed by atoms with Crippen LogP contribution in [-0.2, 0) is 4.74 Å². The smallest absolute Gasteiger partial charge is 0.251 e. The first kappa shape index (κ1) is 19.4. The van der Waals surface area contributed by atoms with Gasteiger partial charge in [-0.05, 0) is 24.3 Å². The van der Waals surface area contributed by atoms with Crippen LogP contribution in [0.5, 0.6) is 0 Å². The lowest BCUT2D eigenvalue weighted by atomic mass is 10.1. The lowest BCUT2D eigenvalue weighted by Gasteiger charge is -2.26. The molecule has 0 spiro atoms. The predicted octanol–water partition coefficient (Wildman–Crippen LogP) is 1.87. The van der Waals surface area contributed by atoms with Gasteiger partial charge in [-0.3, -0.25) is 14.8 Å². The molecule has 1 aliphatic heterocycles. The summed E-state index contributed by atoms with van der Waals surface area (Å²) < 4.78 is 7.19. The van der Waals surface area contributed by atoms with E-state index in [2.05, 4.69) is 30.5 Å². The molecule has 0 aliphatic carbocycles. The highest BCUT2D eigenvalue weighted by Gasteiger charge is 2.13. The van der Waals surface area contributed by atoms with Crippen LogP contribution in [0.15, 0.2) is 55.0 Å². The van der Waals surface area contributed by atoms with Crippen molar-refractivity contribution >= 4 is 16.8 Å². The van der Waals surface area contributed by atoms with Gasteiger partial charge in [-0.1, -0.05) is 18.2 Å². The van der Waals surface area contributed by atoms with Gasteiger partial charge in [-0.2, -0.15) is 10.2 Å². The summed E-state index contributed by atoms with van der Waals surface area (Å²) >= 11 is 0. The second-order valence-electron chi connectivity index (χ2n) is 7.42.